The first-order valence-corrected chi connectivity index (χ1v) is 5.98. The largest absolute Gasteiger partial charge is 0.313 e. The van der Waals surface area contributed by atoms with Gasteiger partial charge in [0.25, 0.3) is 0 Å². The van der Waals surface area contributed by atoms with Crippen LogP contribution >= 0.6 is 0 Å². The van der Waals surface area contributed by atoms with Crippen LogP contribution in [0.1, 0.15) is 24.4 Å². The maximum Gasteiger partial charge on any atom is 0.0705 e. The van der Waals surface area contributed by atoms with Gasteiger partial charge in [0.2, 0.25) is 0 Å². The Bertz CT molecular complexity index is 500. The molecule has 1 atom stereocenters. The number of allylic oxidation sites excluding steroid dienone is 1. The molecule has 0 fully saturated rings. The van der Waals surface area contributed by atoms with E-state index in [-0.39, 0.29) is 0 Å². The number of hydrogen-bond acceptors (Lipinski definition) is 2. The highest BCUT2D eigenvalue weighted by Gasteiger charge is 2.11. The van der Waals surface area contributed by atoms with Crippen molar-refractivity contribution in [1.29, 1.82) is 0 Å². The van der Waals surface area contributed by atoms with E-state index in [1.807, 2.05) is 25.4 Å². The fourth-order valence-electron chi connectivity index (χ4n) is 2.16. The molecule has 0 aliphatic carbocycles. The van der Waals surface area contributed by atoms with Crippen LogP contribution in [-0.2, 0) is 0 Å². The van der Waals surface area contributed by atoms with Gasteiger partial charge in [-0.15, -0.1) is 6.58 Å². The van der Waals surface area contributed by atoms with Gasteiger partial charge >= 0.3 is 0 Å². The minimum atomic E-state index is 0.362. The van der Waals surface area contributed by atoms with Crippen molar-refractivity contribution >= 4 is 10.9 Å². The van der Waals surface area contributed by atoms with Crippen LogP contribution in [0.3, 0.4) is 0 Å². The molecule has 1 heterocycles. The Balaban J connectivity index is 2.42. The zero-order valence-electron chi connectivity index (χ0n) is 10.2. The van der Waals surface area contributed by atoms with Crippen molar-refractivity contribution in [2.45, 2.75) is 18.9 Å². The topological polar surface area (TPSA) is 24.9 Å². The Morgan fingerprint density at radius 1 is 1.35 bits per heavy atom. The third-order valence-corrected chi connectivity index (χ3v) is 3.07. The molecule has 1 unspecified atom stereocenters. The molecule has 2 aromatic rings. The summed E-state index contributed by atoms with van der Waals surface area (Å²) in [5.74, 6) is 0. The molecule has 1 N–H and O–H groups in total. The zero-order chi connectivity index (χ0) is 12.1. The average Bonchev–Trinajstić information content (AvgIpc) is 2.40. The third-order valence-electron chi connectivity index (χ3n) is 3.07. The summed E-state index contributed by atoms with van der Waals surface area (Å²) >= 11 is 0. The van der Waals surface area contributed by atoms with Crippen LogP contribution in [0.4, 0.5) is 0 Å². The average molecular weight is 226 g/mol. The molecule has 88 valence electrons. The second-order valence-electron chi connectivity index (χ2n) is 4.12. The van der Waals surface area contributed by atoms with E-state index < -0.39 is 0 Å². The number of nitrogens with one attached hydrogen (secondary N) is 1. The van der Waals surface area contributed by atoms with Gasteiger partial charge in [-0.25, -0.2) is 0 Å². The monoisotopic (exact) mass is 226 g/mol. The van der Waals surface area contributed by atoms with Crippen molar-refractivity contribution in [3.8, 4) is 0 Å². The lowest BCUT2D eigenvalue weighted by molar-refractivity contribution is 0.558. The first-order valence-electron chi connectivity index (χ1n) is 5.98. The highest BCUT2D eigenvalue weighted by atomic mass is 14.9. The molecule has 2 nitrogen and oxygen atoms in total. The number of pyridine rings is 1. The molecule has 0 aliphatic rings. The van der Waals surface area contributed by atoms with Crippen LogP contribution in [0, 0.1) is 0 Å². The third kappa shape index (κ3) is 2.53. The van der Waals surface area contributed by atoms with Gasteiger partial charge in [-0.05, 0) is 37.6 Å². The van der Waals surface area contributed by atoms with E-state index in [1.54, 1.807) is 0 Å². The predicted octanol–water partition coefficient (Wildman–Crippen LogP) is 3.46. The summed E-state index contributed by atoms with van der Waals surface area (Å²) in [6, 6.07) is 10.7. The summed E-state index contributed by atoms with van der Waals surface area (Å²) in [5.41, 5.74) is 2.38. The Hall–Kier alpha value is -1.67. The first-order chi connectivity index (χ1) is 8.36. The summed E-state index contributed by atoms with van der Waals surface area (Å²) in [6.45, 7) is 3.78. The number of fused-ring (bicyclic) bond motifs is 1. The van der Waals surface area contributed by atoms with Crippen LogP contribution in [0.25, 0.3) is 10.9 Å². The van der Waals surface area contributed by atoms with Crippen molar-refractivity contribution in [2.24, 2.45) is 0 Å². The molecule has 1 aromatic heterocycles. The molecule has 0 bridgehead atoms. The molecule has 2 rings (SSSR count). The van der Waals surface area contributed by atoms with Crippen molar-refractivity contribution in [2.75, 3.05) is 7.05 Å². The molecule has 2 heteroatoms. The van der Waals surface area contributed by atoms with Gasteiger partial charge in [0.15, 0.2) is 0 Å². The zero-order valence-corrected chi connectivity index (χ0v) is 10.2. The van der Waals surface area contributed by atoms with Gasteiger partial charge in [-0.2, -0.15) is 0 Å². The number of nitrogens with zero attached hydrogens (tertiary/aromatic N) is 1. The molecule has 0 amide bonds. The highest BCUT2D eigenvalue weighted by Crippen LogP contribution is 2.25. The Morgan fingerprint density at radius 2 is 2.18 bits per heavy atom. The SMILES string of the molecule is C=CCCC(NC)c1ccnc2ccccc12. The van der Waals surface area contributed by atoms with Gasteiger partial charge < -0.3 is 5.32 Å². The molecule has 0 saturated heterocycles. The van der Waals surface area contributed by atoms with E-state index in [2.05, 4.69) is 41.1 Å². The number of rotatable bonds is 5. The molecular formula is C15H18N2. The lowest BCUT2D eigenvalue weighted by Gasteiger charge is -2.17. The van der Waals surface area contributed by atoms with Gasteiger partial charge in [-0.1, -0.05) is 24.3 Å². The molecule has 0 saturated carbocycles. The number of benzene rings is 1. The Morgan fingerprint density at radius 3 is 2.94 bits per heavy atom. The summed E-state index contributed by atoms with van der Waals surface area (Å²) in [6.07, 6.45) is 5.93. The molecule has 0 spiro atoms. The minimum Gasteiger partial charge on any atom is -0.313 e. The van der Waals surface area contributed by atoms with Crippen LogP contribution in [0.15, 0.2) is 49.2 Å². The van der Waals surface area contributed by atoms with Crippen LogP contribution in [-0.4, -0.2) is 12.0 Å². The minimum absolute atomic E-state index is 0.362. The summed E-state index contributed by atoms with van der Waals surface area (Å²) in [5, 5.41) is 4.60. The van der Waals surface area contributed by atoms with Gasteiger partial charge in [0, 0.05) is 17.6 Å². The lowest BCUT2D eigenvalue weighted by atomic mass is 9.98. The van der Waals surface area contributed by atoms with Crippen LogP contribution < -0.4 is 5.32 Å². The van der Waals surface area contributed by atoms with Crippen molar-refractivity contribution < 1.29 is 0 Å². The smallest absolute Gasteiger partial charge is 0.0705 e. The number of para-hydroxylation sites is 1. The predicted molar refractivity (Wildman–Crippen MR) is 73.0 cm³/mol. The quantitative estimate of drug-likeness (QED) is 0.790. The highest BCUT2D eigenvalue weighted by molar-refractivity contribution is 5.82. The van der Waals surface area contributed by atoms with Crippen molar-refractivity contribution in [3.63, 3.8) is 0 Å². The second-order valence-corrected chi connectivity index (χ2v) is 4.12. The second kappa shape index (κ2) is 5.60. The van der Waals surface area contributed by atoms with E-state index in [0.717, 1.165) is 18.4 Å². The molecular weight excluding hydrogens is 208 g/mol. The van der Waals surface area contributed by atoms with Crippen molar-refractivity contribution in [1.82, 2.24) is 10.3 Å². The first kappa shape index (κ1) is 11.8. The molecule has 0 aliphatic heterocycles. The van der Waals surface area contributed by atoms with Gasteiger partial charge in [0.1, 0.15) is 0 Å². The molecule has 17 heavy (non-hydrogen) atoms. The van der Waals surface area contributed by atoms with E-state index in [4.69, 9.17) is 0 Å². The molecule has 1 aromatic carbocycles. The van der Waals surface area contributed by atoms with E-state index >= 15 is 0 Å². The standard InChI is InChI=1S/C15H18N2/c1-3-4-8-14(16-2)13-10-11-17-15-9-6-5-7-12(13)15/h3,5-7,9-11,14,16H,1,4,8H2,2H3. The summed E-state index contributed by atoms with van der Waals surface area (Å²) < 4.78 is 0. The fraction of sp³-hybridized carbons (Fsp3) is 0.267. The number of hydrogen-bond donors (Lipinski definition) is 1. The van der Waals surface area contributed by atoms with Crippen molar-refractivity contribution in [3.05, 3.63) is 54.7 Å². The molecule has 0 radical (unpaired) electrons. The van der Waals surface area contributed by atoms with Crippen LogP contribution in [0.5, 0.6) is 0 Å². The summed E-state index contributed by atoms with van der Waals surface area (Å²) in [4.78, 5) is 4.39. The van der Waals surface area contributed by atoms with E-state index in [1.165, 1.54) is 10.9 Å². The summed E-state index contributed by atoms with van der Waals surface area (Å²) in [7, 11) is 2.00. The lowest BCUT2D eigenvalue weighted by Crippen LogP contribution is -2.16. The van der Waals surface area contributed by atoms with E-state index in [9.17, 15) is 0 Å². The van der Waals surface area contributed by atoms with Crippen LogP contribution in [0.2, 0.25) is 0 Å². The maximum atomic E-state index is 4.39. The normalized spacial score (nSPS) is 12.5. The van der Waals surface area contributed by atoms with Gasteiger partial charge in [-0.3, -0.25) is 4.98 Å². The van der Waals surface area contributed by atoms with E-state index in [0.29, 0.717) is 6.04 Å². The maximum absolute atomic E-state index is 4.39. The Kier molecular flexibility index (Phi) is 3.89. The Labute approximate surface area is 102 Å². The number of aromatic nitrogens is 1. The fourth-order valence-corrected chi connectivity index (χ4v) is 2.16. The van der Waals surface area contributed by atoms with Gasteiger partial charge in [0.05, 0.1) is 5.52 Å².